The Balaban J connectivity index is 0.000000550. The maximum atomic E-state index is 9.31. The number of aliphatic hydroxyl groups is 2. The number of rotatable bonds is 6. The topological polar surface area (TPSA) is 137 Å². The average molecular weight is 392 g/mol. The molecule has 0 aliphatic heterocycles. The van der Waals surface area contributed by atoms with Gasteiger partial charge in [0.25, 0.3) is 5.01 Å². The lowest BCUT2D eigenvalue weighted by Gasteiger charge is -2.17. The van der Waals surface area contributed by atoms with Gasteiger partial charge in [0.05, 0.1) is 0 Å². The van der Waals surface area contributed by atoms with Gasteiger partial charge in [0.1, 0.15) is 11.3 Å². The van der Waals surface area contributed by atoms with Crippen molar-refractivity contribution in [2.45, 2.75) is 33.2 Å². The van der Waals surface area contributed by atoms with Crippen LogP contribution in [-0.4, -0.2) is 23.4 Å². The van der Waals surface area contributed by atoms with E-state index in [1.807, 2.05) is 0 Å². The van der Waals surface area contributed by atoms with Gasteiger partial charge in [-0.25, -0.2) is 18.6 Å². The minimum absolute atomic E-state index is 0.132. The van der Waals surface area contributed by atoms with Crippen molar-refractivity contribution in [1.29, 1.82) is 0 Å². The van der Waals surface area contributed by atoms with E-state index in [1.54, 1.807) is 11.3 Å². The lowest BCUT2D eigenvalue weighted by molar-refractivity contribution is -2.00. The number of aromatic nitrogens is 1. The molecule has 0 bridgehead atoms. The molecule has 0 saturated carbocycles. The van der Waals surface area contributed by atoms with E-state index in [0.29, 0.717) is 13.0 Å². The Morgan fingerprint density at radius 3 is 2.36 bits per heavy atom. The van der Waals surface area contributed by atoms with E-state index in [2.05, 4.69) is 42.7 Å². The molecule has 0 fully saturated rings. The summed E-state index contributed by atoms with van der Waals surface area (Å²) in [6.45, 7) is 5.11. The molecule has 1 aromatic heterocycles. The van der Waals surface area contributed by atoms with Gasteiger partial charge in [-0.05, 0) is 31.4 Å². The summed E-state index contributed by atoms with van der Waals surface area (Å²) < 4.78 is 37.4. The van der Waals surface area contributed by atoms with Crippen molar-refractivity contribution in [3.8, 4) is 0 Å². The molecule has 0 spiro atoms. The van der Waals surface area contributed by atoms with Gasteiger partial charge in [-0.1, -0.05) is 29.9 Å². The quantitative estimate of drug-likeness (QED) is 0.542. The van der Waals surface area contributed by atoms with E-state index in [0.717, 1.165) is 11.4 Å². The summed E-state index contributed by atoms with van der Waals surface area (Å²) in [4.78, 5) is 0. The maximum Gasteiger partial charge on any atom is 0.262 e. The largest absolute Gasteiger partial charge is 0.396 e. The zero-order valence-corrected chi connectivity index (χ0v) is 15.7. The predicted octanol–water partition coefficient (Wildman–Crippen LogP) is -2.09. The Morgan fingerprint density at radius 1 is 1.20 bits per heavy atom. The van der Waals surface area contributed by atoms with Crippen LogP contribution in [0.4, 0.5) is 0 Å². The summed E-state index contributed by atoms with van der Waals surface area (Å²) in [5.74, 6) is 0. The first-order chi connectivity index (χ1) is 11.7. The van der Waals surface area contributed by atoms with Gasteiger partial charge >= 0.3 is 0 Å². The van der Waals surface area contributed by atoms with Gasteiger partial charge in [-0.2, -0.15) is 4.57 Å². The molecule has 1 aromatic carbocycles. The molecule has 1 heterocycles. The third kappa shape index (κ3) is 7.76. The number of nitrogens with zero attached hydrogens (tertiary/aromatic N) is 1. The summed E-state index contributed by atoms with van der Waals surface area (Å²) in [7, 11) is -4.94. The van der Waals surface area contributed by atoms with Crippen LogP contribution in [0.2, 0.25) is 0 Å². The van der Waals surface area contributed by atoms with Crippen molar-refractivity contribution in [3.63, 3.8) is 0 Å². The summed E-state index contributed by atoms with van der Waals surface area (Å²) in [6.07, 6.45) is 3.81. The second-order valence-corrected chi connectivity index (χ2v) is 7.11. The van der Waals surface area contributed by atoms with E-state index in [4.69, 9.17) is 23.7 Å². The van der Waals surface area contributed by atoms with Gasteiger partial charge in [-0.15, -0.1) is 10.2 Å². The number of fused-ring (bicyclic) bond motifs is 1. The molecular weight excluding hydrogens is 370 g/mol. The third-order valence-electron chi connectivity index (χ3n) is 3.42. The summed E-state index contributed by atoms with van der Waals surface area (Å²) in [5.41, 5.74) is 3.64. The molecule has 0 saturated heterocycles. The molecule has 0 unspecified atom stereocenters. The van der Waals surface area contributed by atoms with Crippen molar-refractivity contribution in [2.75, 3.05) is 13.2 Å². The fourth-order valence-corrected chi connectivity index (χ4v) is 3.48. The number of hydrogen-bond donors (Lipinski definition) is 2. The van der Waals surface area contributed by atoms with E-state index in [-0.39, 0.29) is 13.2 Å². The normalized spacial score (nSPS) is 12.2. The zero-order chi connectivity index (χ0) is 19.0. The molecule has 0 aliphatic carbocycles. The summed E-state index contributed by atoms with van der Waals surface area (Å²) in [5, 5.41) is 19.6. The molecule has 9 heteroatoms. The van der Waals surface area contributed by atoms with Crippen molar-refractivity contribution in [3.05, 3.63) is 34.3 Å². The Bertz CT molecular complexity index is 704. The molecule has 7 nitrogen and oxygen atoms in total. The van der Waals surface area contributed by atoms with E-state index in [9.17, 15) is 5.11 Å². The first-order valence-electron chi connectivity index (χ1n) is 7.65. The fraction of sp³-hybridized carbons (Fsp3) is 0.438. The highest BCUT2D eigenvalue weighted by Gasteiger charge is 2.18. The molecule has 0 atom stereocenters. The van der Waals surface area contributed by atoms with E-state index in [1.165, 1.54) is 21.4 Å². The first-order valence-corrected chi connectivity index (χ1v) is 9.70. The minimum atomic E-state index is -4.94. The highest BCUT2D eigenvalue weighted by atomic mass is 35.7. The Kier molecular flexibility index (Phi) is 8.91. The van der Waals surface area contributed by atoms with Crippen LogP contribution >= 0.6 is 11.3 Å². The monoisotopic (exact) mass is 391 g/mol. The molecule has 0 amide bonds. The molecule has 2 aromatic rings. The average Bonchev–Trinajstić information content (AvgIpc) is 2.83. The number of thiazole rings is 1. The van der Waals surface area contributed by atoms with Gasteiger partial charge in [0, 0.05) is 18.7 Å². The number of aryl methyl sites for hydroxylation is 1. The molecule has 2 rings (SSSR count). The number of benzene rings is 1. The summed E-state index contributed by atoms with van der Waals surface area (Å²) in [6, 6.07) is 6.42. The van der Waals surface area contributed by atoms with Gasteiger partial charge in [0.2, 0.25) is 5.52 Å². The number of hydrogen-bond acceptors (Lipinski definition) is 7. The fourth-order valence-electron chi connectivity index (χ4n) is 2.32. The van der Waals surface area contributed by atoms with Crippen molar-refractivity contribution < 1.29 is 43.7 Å². The second-order valence-electron chi connectivity index (χ2n) is 5.29. The maximum absolute atomic E-state index is 9.31. The Hall–Kier alpha value is -1.10. The molecule has 0 aliphatic rings. The Morgan fingerprint density at radius 2 is 1.84 bits per heavy atom. The van der Waals surface area contributed by atoms with Crippen LogP contribution < -0.4 is 23.2 Å². The van der Waals surface area contributed by atoms with Crippen LogP contribution in [0.15, 0.2) is 23.8 Å². The van der Waals surface area contributed by atoms with Crippen molar-refractivity contribution in [1.82, 2.24) is 0 Å². The Labute approximate surface area is 152 Å². The van der Waals surface area contributed by atoms with Crippen molar-refractivity contribution in [2.24, 2.45) is 0 Å². The lowest BCUT2D eigenvalue weighted by atomic mass is 10.1. The number of aliphatic hydroxyl groups excluding tert-OH is 2. The highest BCUT2D eigenvalue weighted by Crippen LogP contribution is 2.24. The van der Waals surface area contributed by atoms with Gasteiger partial charge in [-0.3, -0.25) is 0 Å². The molecule has 140 valence electrons. The molecule has 0 radical (unpaired) electrons. The molecule has 25 heavy (non-hydrogen) atoms. The van der Waals surface area contributed by atoms with Crippen LogP contribution in [0.25, 0.3) is 16.3 Å². The van der Waals surface area contributed by atoms with Crippen LogP contribution in [0, 0.1) is 17.2 Å². The van der Waals surface area contributed by atoms with Gasteiger partial charge < -0.3 is 10.2 Å². The minimum Gasteiger partial charge on any atom is -0.396 e. The van der Waals surface area contributed by atoms with E-state index < -0.39 is 10.2 Å². The summed E-state index contributed by atoms with van der Waals surface area (Å²) >= 11 is 1.74. The third-order valence-corrected chi connectivity index (χ3v) is 4.54. The lowest BCUT2D eigenvalue weighted by Crippen LogP contribution is -2.68. The van der Waals surface area contributed by atoms with Crippen LogP contribution in [0.5, 0.6) is 0 Å². The standard InChI is InChI=1S/C16H22NO2S.ClHO4/c1-3-13(6-8-18)11-16-17(7-9-19)14-10-12(2)4-5-15(14)20-16;2-1(3,4)5/h4-5,10-11,18-19H,3,6-9H2,1-2H3;(H,2,3,4,5)/q+1;/p-1. The smallest absolute Gasteiger partial charge is 0.262 e. The SMILES string of the molecule is CCC(=Cc1sc2ccc(C)cc2[n+]1CCO)CCO.[O-][Cl+3]([O-])([O-])[O-]. The number of halogens is 1. The second kappa shape index (κ2) is 10.1. The zero-order valence-electron chi connectivity index (χ0n) is 14.1. The molecular formula is C16H22ClNO6S. The first kappa shape index (κ1) is 21.9. The molecule has 2 N–H and O–H groups in total. The predicted molar refractivity (Wildman–Crippen MR) is 83.8 cm³/mol. The van der Waals surface area contributed by atoms with Crippen LogP contribution in [0.1, 0.15) is 30.3 Å². The van der Waals surface area contributed by atoms with Gasteiger partial charge in [0.15, 0.2) is 6.54 Å². The van der Waals surface area contributed by atoms with Crippen LogP contribution in [-0.2, 0) is 6.54 Å². The highest BCUT2D eigenvalue weighted by molar-refractivity contribution is 7.18. The van der Waals surface area contributed by atoms with E-state index >= 15 is 0 Å². The van der Waals surface area contributed by atoms with Crippen LogP contribution in [0.3, 0.4) is 0 Å². The van der Waals surface area contributed by atoms with Crippen molar-refractivity contribution >= 4 is 27.6 Å².